The first-order valence-electron chi connectivity index (χ1n) is 9.26. The Morgan fingerprint density at radius 2 is 1.71 bits per heavy atom. The van der Waals surface area contributed by atoms with Gasteiger partial charge < -0.3 is 9.57 Å². The fraction of sp³-hybridized carbons (Fsp3) is 0.227. The standard InChI is InChI=1S/C22H19F3N2O4/c1-30-20-10-6-16(7-11-20)12-13-26-31-21(15-27(28)29,22(23,24)25)19-9-8-17-4-2-3-5-18(17)14-19/h2-11,13-14H,12,15H2,1H3/b26-13+/t21-/m1/s1. The third-order valence-corrected chi connectivity index (χ3v) is 4.79. The molecule has 1 atom stereocenters. The highest BCUT2D eigenvalue weighted by atomic mass is 19.4. The van der Waals surface area contributed by atoms with Crippen LogP contribution >= 0.6 is 0 Å². The summed E-state index contributed by atoms with van der Waals surface area (Å²) < 4.78 is 47.5. The summed E-state index contributed by atoms with van der Waals surface area (Å²) in [4.78, 5) is 15.0. The Labute approximate surface area is 176 Å². The van der Waals surface area contributed by atoms with Gasteiger partial charge in [-0.2, -0.15) is 13.2 Å². The molecule has 31 heavy (non-hydrogen) atoms. The molecule has 0 N–H and O–H groups in total. The molecule has 3 aromatic carbocycles. The van der Waals surface area contributed by atoms with Crippen LogP contribution in [0.3, 0.4) is 0 Å². The quantitative estimate of drug-likeness (QED) is 0.281. The van der Waals surface area contributed by atoms with Crippen LogP contribution in [0.5, 0.6) is 5.75 Å². The van der Waals surface area contributed by atoms with Gasteiger partial charge in [0, 0.05) is 23.1 Å². The zero-order valence-corrected chi connectivity index (χ0v) is 16.5. The SMILES string of the molecule is COc1ccc(C/C=N/O[C@](C[N+](=O)[O-])(c2ccc3ccccc3c2)C(F)(F)F)cc1. The van der Waals surface area contributed by atoms with E-state index in [9.17, 15) is 23.3 Å². The second-order valence-corrected chi connectivity index (χ2v) is 6.81. The lowest BCUT2D eigenvalue weighted by molar-refractivity contribution is -0.522. The van der Waals surface area contributed by atoms with Crippen molar-refractivity contribution in [2.45, 2.75) is 18.2 Å². The van der Waals surface area contributed by atoms with Gasteiger partial charge >= 0.3 is 11.8 Å². The van der Waals surface area contributed by atoms with Crippen molar-refractivity contribution in [3.05, 3.63) is 88.0 Å². The number of halogens is 3. The Balaban J connectivity index is 1.93. The number of nitro groups is 1. The zero-order chi connectivity index (χ0) is 22.5. The minimum absolute atomic E-state index is 0.175. The van der Waals surface area contributed by atoms with Crippen molar-refractivity contribution >= 4 is 17.0 Å². The maximum atomic E-state index is 14.1. The van der Waals surface area contributed by atoms with Gasteiger partial charge in [-0.15, -0.1) is 0 Å². The van der Waals surface area contributed by atoms with E-state index in [1.54, 1.807) is 48.5 Å². The Kier molecular flexibility index (Phi) is 6.43. The summed E-state index contributed by atoms with van der Waals surface area (Å²) in [5.41, 5.74) is -2.86. The van der Waals surface area contributed by atoms with Crippen molar-refractivity contribution in [2.24, 2.45) is 5.16 Å². The minimum Gasteiger partial charge on any atom is -0.497 e. The largest absolute Gasteiger partial charge is 0.497 e. The molecular weight excluding hydrogens is 413 g/mol. The van der Waals surface area contributed by atoms with Crippen molar-refractivity contribution < 1.29 is 27.7 Å². The number of hydrogen-bond donors (Lipinski definition) is 0. The average molecular weight is 432 g/mol. The van der Waals surface area contributed by atoms with E-state index < -0.39 is 28.8 Å². The van der Waals surface area contributed by atoms with E-state index in [2.05, 4.69) is 5.16 Å². The van der Waals surface area contributed by atoms with Gasteiger partial charge in [-0.3, -0.25) is 10.1 Å². The molecule has 0 aliphatic carbocycles. The second kappa shape index (κ2) is 9.03. The lowest BCUT2D eigenvalue weighted by Gasteiger charge is -2.30. The Morgan fingerprint density at radius 1 is 1.03 bits per heavy atom. The van der Waals surface area contributed by atoms with Gasteiger partial charge in [0.15, 0.2) is 0 Å². The Bertz CT molecular complexity index is 1080. The average Bonchev–Trinajstić information content (AvgIpc) is 2.75. The van der Waals surface area contributed by atoms with E-state index in [4.69, 9.17) is 9.57 Å². The van der Waals surface area contributed by atoms with Crippen LogP contribution in [0.2, 0.25) is 0 Å². The molecule has 0 aliphatic heterocycles. The maximum absolute atomic E-state index is 14.1. The number of ether oxygens (including phenoxy) is 1. The number of alkyl halides is 3. The predicted molar refractivity (Wildman–Crippen MR) is 110 cm³/mol. The van der Waals surface area contributed by atoms with E-state index >= 15 is 0 Å². The molecule has 0 heterocycles. The number of nitrogens with zero attached hydrogens (tertiary/aromatic N) is 2. The zero-order valence-electron chi connectivity index (χ0n) is 16.5. The summed E-state index contributed by atoms with van der Waals surface area (Å²) in [6.45, 7) is -1.52. The molecule has 0 saturated heterocycles. The molecule has 3 aromatic rings. The third-order valence-electron chi connectivity index (χ3n) is 4.79. The van der Waals surface area contributed by atoms with Crippen LogP contribution in [0, 0.1) is 10.1 Å². The first-order valence-corrected chi connectivity index (χ1v) is 9.26. The van der Waals surface area contributed by atoms with E-state index in [1.165, 1.54) is 25.3 Å². The molecule has 0 aromatic heterocycles. The molecule has 3 rings (SSSR count). The summed E-state index contributed by atoms with van der Waals surface area (Å²) in [5.74, 6) is 0.635. The van der Waals surface area contributed by atoms with Gasteiger partial charge in [0.2, 0.25) is 0 Å². The van der Waals surface area contributed by atoms with Crippen molar-refractivity contribution in [3.63, 3.8) is 0 Å². The van der Waals surface area contributed by atoms with E-state index in [1.807, 2.05) is 0 Å². The minimum atomic E-state index is -5.08. The first kappa shape index (κ1) is 22.1. The molecule has 9 heteroatoms. The summed E-state index contributed by atoms with van der Waals surface area (Å²) >= 11 is 0. The third kappa shape index (κ3) is 4.93. The molecule has 0 fully saturated rings. The summed E-state index contributed by atoms with van der Waals surface area (Å²) in [5, 5.41) is 15.9. The predicted octanol–water partition coefficient (Wildman–Crippen LogP) is 5.13. The van der Waals surface area contributed by atoms with Crippen molar-refractivity contribution in [2.75, 3.05) is 13.7 Å². The van der Waals surface area contributed by atoms with Crippen LogP contribution in [0.1, 0.15) is 11.1 Å². The van der Waals surface area contributed by atoms with Crippen LogP contribution in [-0.2, 0) is 16.9 Å². The van der Waals surface area contributed by atoms with Crippen LogP contribution in [0.25, 0.3) is 10.8 Å². The number of oxime groups is 1. The fourth-order valence-electron chi connectivity index (χ4n) is 3.13. The van der Waals surface area contributed by atoms with Gasteiger partial charge in [0.05, 0.1) is 7.11 Å². The topological polar surface area (TPSA) is 74.0 Å². The molecule has 0 bridgehead atoms. The lowest BCUT2D eigenvalue weighted by Crippen LogP contribution is -2.49. The normalized spacial score (nSPS) is 13.8. The molecule has 0 aliphatic rings. The maximum Gasteiger partial charge on any atom is 0.442 e. The van der Waals surface area contributed by atoms with E-state index in [0.717, 1.165) is 11.8 Å². The number of methoxy groups -OCH3 is 1. The van der Waals surface area contributed by atoms with Gasteiger partial charge in [0.25, 0.3) is 6.54 Å². The summed E-state index contributed by atoms with van der Waals surface area (Å²) in [6.07, 6.45) is -3.77. The number of hydrogen-bond acceptors (Lipinski definition) is 5. The molecule has 6 nitrogen and oxygen atoms in total. The first-order chi connectivity index (χ1) is 14.7. The molecule has 0 unspecified atom stereocenters. The Hall–Kier alpha value is -3.62. The number of rotatable bonds is 8. The smallest absolute Gasteiger partial charge is 0.442 e. The highest BCUT2D eigenvalue weighted by Gasteiger charge is 2.63. The molecule has 162 valence electrons. The van der Waals surface area contributed by atoms with Gasteiger partial charge in [-0.1, -0.05) is 53.7 Å². The van der Waals surface area contributed by atoms with Crippen LogP contribution in [0.15, 0.2) is 71.9 Å². The molecular formula is C22H19F3N2O4. The summed E-state index contributed by atoms with van der Waals surface area (Å²) in [7, 11) is 1.52. The molecule has 0 saturated carbocycles. The van der Waals surface area contributed by atoms with Crippen molar-refractivity contribution in [1.82, 2.24) is 0 Å². The van der Waals surface area contributed by atoms with Crippen LogP contribution in [-0.4, -0.2) is 31.0 Å². The van der Waals surface area contributed by atoms with E-state index in [0.29, 0.717) is 16.5 Å². The van der Waals surface area contributed by atoms with Gasteiger partial charge in [-0.05, 0) is 34.5 Å². The Morgan fingerprint density at radius 3 is 2.32 bits per heavy atom. The molecule has 0 radical (unpaired) electrons. The highest BCUT2D eigenvalue weighted by molar-refractivity contribution is 5.83. The molecule has 0 amide bonds. The fourth-order valence-corrected chi connectivity index (χ4v) is 3.13. The number of fused-ring (bicyclic) bond motifs is 1. The lowest BCUT2D eigenvalue weighted by atomic mass is 9.91. The second-order valence-electron chi connectivity index (χ2n) is 6.81. The van der Waals surface area contributed by atoms with Crippen molar-refractivity contribution in [3.8, 4) is 5.75 Å². The van der Waals surface area contributed by atoms with Crippen LogP contribution in [0.4, 0.5) is 13.2 Å². The van der Waals surface area contributed by atoms with Crippen molar-refractivity contribution in [1.29, 1.82) is 0 Å². The monoisotopic (exact) mass is 432 g/mol. The van der Waals surface area contributed by atoms with Crippen LogP contribution < -0.4 is 4.74 Å². The van der Waals surface area contributed by atoms with Gasteiger partial charge in [-0.25, -0.2) is 0 Å². The number of benzene rings is 3. The highest BCUT2D eigenvalue weighted by Crippen LogP contribution is 2.43. The summed E-state index contributed by atoms with van der Waals surface area (Å²) in [6, 6.07) is 17.5. The van der Waals surface area contributed by atoms with E-state index in [-0.39, 0.29) is 6.42 Å². The molecule has 0 spiro atoms. The van der Waals surface area contributed by atoms with Gasteiger partial charge in [0.1, 0.15) is 5.75 Å².